The fourth-order valence-corrected chi connectivity index (χ4v) is 2.84. The van der Waals surface area contributed by atoms with E-state index >= 15 is 0 Å². The highest BCUT2D eigenvalue weighted by atomic mass is 16.5. The van der Waals surface area contributed by atoms with E-state index in [-0.39, 0.29) is 6.61 Å². The summed E-state index contributed by atoms with van der Waals surface area (Å²) in [5.74, 6) is -2.53. The maximum Gasteiger partial charge on any atom is 0.312 e. The largest absolute Gasteiger partial charge is 0.493 e. The van der Waals surface area contributed by atoms with Gasteiger partial charge in [-0.15, -0.1) is 0 Å². The van der Waals surface area contributed by atoms with Crippen molar-refractivity contribution in [1.82, 2.24) is 0 Å². The van der Waals surface area contributed by atoms with Crippen molar-refractivity contribution < 1.29 is 38.4 Å². The van der Waals surface area contributed by atoms with Crippen molar-refractivity contribution >= 4 is 11.9 Å². The molecule has 1 aliphatic heterocycles. The Morgan fingerprint density at radius 1 is 1.08 bits per heavy atom. The van der Waals surface area contributed by atoms with Crippen LogP contribution in [0, 0.1) is 11.8 Å². The lowest BCUT2D eigenvalue weighted by Gasteiger charge is -2.21. The zero-order valence-corrected chi connectivity index (χ0v) is 13.9. The molecule has 0 radical (unpaired) electrons. The van der Waals surface area contributed by atoms with E-state index < -0.39 is 29.9 Å². The van der Waals surface area contributed by atoms with Crippen LogP contribution in [0.1, 0.15) is 11.7 Å². The quantitative estimate of drug-likeness (QED) is 0.773. The van der Waals surface area contributed by atoms with Crippen LogP contribution in [-0.2, 0) is 19.1 Å². The fourth-order valence-electron chi connectivity index (χ4n) is 2.84. The molecule has 0 spiro atoms. The first-order valence-corrected chi connectivity index (χ1v) is 7.20. The highest BCUT2D eigenvalue weighted by Crippen LogP contribution is 2.45. The summed E-state index contributed by atoms with van der Waals surface area (Å²) in [6.45, 7) is -0.0869. The van der Waals surface area contributed by atoms with Gasteiger partial charge < -0.3 is 28.8 Å². The van der Waals surface area contributed by atoms with Gasteiger partial charge in [0.15, 0.2) is 11.5 Å². The van der Waals surface area contributed by atoms with Crippen LogP contribution in [0.2, 0.25) is 0 Å². The first-order valence-electron chi connectivity index (χ1n) is 7.20. The minimum absolute atomic E-state index is 0.0869. The molecule has 1 aromatic carbocycles. The van der Waals surface area contributed by atoms with Crippen molar-refractivity contribution in [2.45, 2.75) is 6.10 Å². The van der Waals surface area contributed by atoms with Crippen molar-refractivity contribution in [1.29, 1.82) is 0 Å². The van der Waals surface area contributed by atoms with Gasteiger partial charge in [-0.1, -0.05) is 0 Å². The molecular weight excluding hydrogens is 320 g/mol. The van der Waals surface area contributed by atoms with Crippen molar-refractivity contribution in [2.75, 3.05) is 35.0 Å². The molecular formula is C16H20O8. The Morgan fingerprint density at radius 2 is 1.67 bits per heavy atom. The average Bonchev–Trinajstić information content (AvgIpc) is 3.04. The molecule has 0 saturated carbocycles. The molecule has 0 bridgehead atoms. The Labute approximate surface area is 139 Å². The molecule has 3 atom stereocenters. The molecule has 1 fully saturated rings. The predicted molar refractivity (Wildman–Crippen MR) is 81.4 cm³/mol. The molecule has 8 nitrogen and oxygen atoms in total. The Kier molecular flexibility index (Phi) is 5.50. The van der Waals surface area contributed by atoms with Crippen molar-refractivity contribution in [3.05, 3.63) is 17.7 Å². The van der Waals surface area contributed by atoms with Gasteiger partial charge in [-0.05, 0) is 17.7 Å². The van der Waals surface area contributed by atoms with Gasteiger partial charge in [0.1, 0.15) is 5.92 Å². The number of hydrogen-bond acceptors (Lipinski definition) is 7. The summed E-state index contributed by atoms with van der Waals surface area (Å²) < 4.78 is 26.2. The number of methoxy groups -OCH3 is 4. The molecule has 132 valence electrons. The van der Waals surface area contributed by atoms with E-state index in [4.69, 9.17) is 23.7 Å². The first-order chi connectivity index (χ1) is 11.5. The highest BCUT2D eigenvalue weighted by molar-refractivity contribution is 5.82. The molecule has 8 heteroatoms. The van der Waals surface area contributed by atoms with E-state index in [1.807, 2.05) is 0 Å². The molecule has 1 saturated heterocycles. The van der Waals surface area contributed by atoms with Gasteiger partial charge in [0.05, 0.1) is 47.1 Å². The molecule has 1 aliphatic rings. The maximum atomic E-state index is 12.1. The van der Waals surface area contributed by atoms with Gasteiger partial charge in [0.2, 0.25) is 5.75 Å². The molecule has 2 rings (SSSR count). The van der Waals surface area contributed by atoms with E-state index in [9.17, 15) is 14.7 Å². The lowest BCUT2D eigenvalue weighted by atomic mass is 9.87. The van der Waals surface area contributed by atoms with Gasteiger partial charge in [-0.2, -0.15) is 0 Å². The summed E-state index contributed by atoms with van der Waals surface area (Å²) in [6, 6.07) is 3.26. The second-order valence-electron chi connectivity index (χ2n) is 5.21. The number of carbonyl (C=O) groups excluding carboxylic acids is 1. The Bertz CT molecular complexity index is 601. The normalized spacial score (nSPS) is 22.8. The van der Waals surface area contributed by atoms with Crippen LogP contribution in [-0.4, -0.2) is 52.1 Å². The number of rotatable bonds is 6. The van der Waals surface area contributed by atoms with Crippen LogP contribution in [0.5, 0.6) is 17.2 Å². The minimum Gasteiger partial charge on any atom is -0.493 e. The number of esters is 1. The lowest BCUT2D eigenvalue weighted by Crippen LogP contribution is -2.30. The van der Waals surface area contributed by atoms with Crippen LogP contribution in [0.4, 0.5) is 0 Å². The van der Waals surface area contributed by atoms with Crippen molar-refractivity contribution in [2.24, 2.45) is 11.8 Å². The fraction of sp³-hybridized carbons (Fsp3) is 0.500. The molecule has 1 N–H and O–H groups in total. The third kappa shape index (κ3) is 3.09. The summed E-state index contributed by atoms with van der Waals surface area (Å²) in [4.78, 5) is 23.5. The zero-order valence-electron chi connectivity index (χ0n) is 13.9. The monoisotopic (exact) mass is 340 g/mol. The smallest absolute Gasteiger partial charge is 0.312 e. The van der Waals surface area contributed by atoms with Crippen molar-refractivity contribution in [3.63, 3.8) is 0 Å². The zero-order chi connectivity index (χ0) is 17.9. The van der Waals surface area contributed by atoms with Gasteiger partial charge in [-0.25, -0.2) is 0 Å². The summed E-state index contributed by atoms with van der Waals surface area (Å²) in [7, 11) is 5.62. The third-order valence-electron chi connectivity index (χ3n) is 4.02. The number of aliphatic carboxylic acids is 1. The van der Waals surface area contributed by atoms with Crippen molar-refractivity contribution in [3.8, 4) is 17.2 Å². The van der Waals surface area contributed by atoms with Crippen LogP contribution < -0.4 is 14.2 Å². The summed E-state index contributed by atoms with van der Waals surface area (Å²) in [5, 5.41) is 9.32. The average molecular weight is 340 g/mol. The van der Waals surface area contributed by atoms with Crippen LogP contribution in [0.3, 0.4) is 0 Å². The number of carboxylic acids is 1. The SMILES string of the molecule is COC(=O)[C@H]1[C@@H](c2cc(OC)c(OC)c(OC)c2)OC[C@H]1C(=O)O. The predicted octanol–water partition coefficient (Wildman–Crippen LogP) is 1.27. The highest BCUT2D eigenvalue weighted by Gasteiger charge is 2.48. The van der Waals surface area contributed by atoms with E-state index in [0.717, 1.165) is 0 Å². The summed E-state index contributed by atoms with van der Waals surface area (Å²) in [6.07, 6.45) is -0.785. The van der Waals surface area contributed by atoms with Gasteiger partial charge >= 0.3 is 11.9 Å². The number of benzene rings is 1. The molecule has 0 aliphatic carbocycles. The molecule has 1 heterocycles. The van der Waals surface area contributed by atoms with Gasteiger partial charge in [0.25, 0.3) is 0 Å². The number of hydrogen-bond donors (Lipinski definition) is 1. The van der Waals surface area contributed by atoms with Gasteiger partial charge in [0, 0.05) is 0 Å². The molecule has 0 amide bonds. The summed E-state index contributed by atoms with van der Waals surface area (Å²) >= 11 is 0. The van der Waals surface area contributed by atoms with Crippen LogP contribution >= 0.6 is 0 Å². The Balaban J connectivity index is 2.49. The number of carbonyl (C=O) groups is 2. The molecule has 0 aromatic heterocycles. The lowest BCUT2D eigenvalue weighted by molar-refractivity contribution is -0.154. The standard InChI is InChI=1S/C16H20O8/c1-20-10-5-8(6-11(21-2)14(10)22-3)13-12(16(19)23-4)9(7-24-13)15(17)18/h5-6,9,12-13H,7H2,1-4H3,(H,17,18)/t9-,12-,13-/m1/s1. The van der Waals surface area contributed by atoms with E-state index in [1.54, 1.807) is 12.1 Å². The second kappa shape index (κ2) is 7.39. The number of ether oxygens (including phenoxy) is 5. The molecule has 24 heavy (non-hydrogen) atoms. The summed E-state index contributed by atoms with van der Waals surface area (Å²) in [5.41, 5.74) is 0.545. The Morgan fingerprint density at radius 3 is 2.08 bits per heavy atom. The molecule has 0 unspecified atom stereocenters. The Hall–Kier alpha value is -2.48. The maximum absolute atomic E-state index is 12.1. The minimum atomic E-state index is -1.11. The first kappa shape index (κ1) is 17.9. The second-order valence-corrected chi connectivity index (χ2v) is 5.21. The van der Waals surface area contributed by atoms with Crippen LogP contribution in [0.15, 0.2) is 12.1 Å². The molecule has 1 aromatic rings. The van der Waals surface area contributed by atoms with E-state index in [1.165, 1.54) is 28.4 Å². The van der Waals surface area contributed by atoms with E-state index in [0.29, 0.717) is 22.8 Å². The van der Waals surface area contributed by atoms with Gasteiger partial charge in [-0.3, -0.25) is 9.59 Å². The van der Waals surface area contributed by atoms with E-state index in [2.05, 4.69) is 0 Å². The topological polar surface area (TPSA) is 101 Å². The van der Waals surface area contributed by atoms with Crippen LogP contribution in [0.25, 0.3) is 0 Å². The third-order valence-corrected chi connectivity index (χ3v) is 4.02. The number of carboxylic acid groups (broad SMARTS) is 1.